The molecule has 0 unspecified atom stereocenters. The van der Waals surface area contributed by atoms with Gasteiger partial charge in [0.2, 0.25) is 0 Å². The molecule has 2 aliphatic heterocycles. The lowest BCUT2D eigenvalue weighted by molar-refractivity contribution is 0.0704. The van der Waals surface area contributed by atoms with E-state index in [1.807, 2.05) is 40.6 Å². The minimum absolute atomic E-state index is 0.118. The number of piperidine rings is 1. The number of carbonyl (C=O) groups excluding carboxylic acids is 1. The summed E-state index contributed by atoms with van der Waals surface area (Å²) in [4.78, 5) is 22.2. The Morgan fingerprint density at radius 2 is 1.86 bits per heavy atom. The Labute approximate surface area is 171 Å². The summed E-state index contributed by atoms with van der Waals surface area (Å²) in [6, 6.07) is 12.0. The zero-order valence-corrected chi connectivity index (χ0v) is 16.9. The van der Waals surface area contributed by atoms with Crippen LogP contribution < -0.4 is 4.90 Å². The number of pyridine rings is 1. The predicted octanol–water partition coefficient (Wildman–Crippen LogP) is 3.66. The van der Waals surface area contributed by atoms with Crippen molar-refractivity contribution in [1.82, 2.24) is 19.5 Å². The number of hydrogen-bond acceptors (Lipinski definition) is 4. The van der Waals surface area contributed by atoms with E-state index in [0.29, 0.717) is 6.54 Å². The highest BCUT2D eigenvalue weighted by atomic mass is 16.2. The van der Waals surface area contributed by atoms with Crippen molar-refractivity contribution >= 4 is 17.2 Å². The number of hydrogen-bond donors (Lipinski definition) is 0. The normalized spacial score (nSPS) is 19.8. The molecule has 0 spiro atoms. The lowest BCUT2D eigenvalue weighted by atomic mass is 9.96. The number of fused-ring (bicyclic) bond motifs is 1. The van der Waals surface area contributed by atoms with Gasteiger partial charge in [-0.25, -0.2) is 9.50 Å². The number of aryl methyl sites for hydroxylation is 1. The topological polar surface area (TPSA) is 53.7 Å². The lowest BCUT2D eigenvalue weighted by Gasteiger charge is -2.31. The van der Waals surface area contributed by atoms with Gasteiger partial charge in [0.25, 0.3) is 5.91 Å². The fourth-order valence-corrected chi connectivity index (χ4v) is 4.58. The van der Waals surface area contributed by atoms with Crippen LogP contribution in [0.4, 0.5) is 5.69 Å². The van der Waals surface area contributed by atoms with Crippen molar-refractivity contribution < 1.29 is 4.79 Å². The van der Waals surface area contributed by atoms with Gasteiger partial charge in [0.15, 0.2) is 11.5 Å². The molecule has 6 heteroatoms. The van der Waals surface area contributed by atoms with Gasteiger partial charge in [0, 0.05) is 37.7 Å². The summed E-state index contributed by atoms with van der Waals surface area (Å²) >= 11 is 0. The van der Waals surface area contributed by atoms with Crippen LogP contribution in [0, 0.1) is 6.92 Å². The molecule has 3 aromatic rings. The molecule has 1 aromatic carbocycles. The first-order chi connectivity index (χ1) is 14.2. The third-order valence-corrected chi connectivity index (χ3v) is 6.25. The standard InChI is InChI=1S/C23H27N5O/c1-17-7-2-3-9-20(17)23(29)27-14-6-8-18(15-27)22-24-21-11-10-19(16-28(21)25-22)26-12-4-5-13-26/h2-3,7,9-11,16,18H,4-6,8,12-15H2,1H3/t18-/m1/s1. The second-order valence-electron chi connectivity index (χ2n) is 8.26. The molecule has 2 aliphatic rings. The third-order valence-electron chi connectivity index (χ3n) is 6.25. The molecule has 5 rings (SSSR count). The van der Waals surface area contributed by atoms with Crippen molar-refractivity contribution in [2.75, 3.05) is 31.1 Å². The van der Waals surface area contributed by atoms with E-state index in [1.165, 1.54) is 18.5 Å². The van der Waals surface area contributed by atoms with E-state index in [0.717, 1.165) is 55.1 Å². The molecule has 6 nitrogen and oxygen atoms in total. The summed E-state index contributed by atoms with van der Waals surface area (Å²) < 4.78 is 1.91. The number of likely N-dealkylation sites (tertiary alicyclic amines) is 1. The van der Waals surface area contributed by atoms with Gasteiger partial charge in [0.1, 0.15) is 0 Å². The number of carbonyl (C=O) groups is 1. The smallest absolute Gasteiger partial charge is 0.254 e. The van der Waals surface area contributed by atoms with E-state index in [2.05, 4.69) is 23.2 Å². The highest BCUT2D eigenvalue weighted by Gasteiger charge is 2.28. The maximum absolute atomic E-state index is 13.0. The Hall–Kier alpha value is -2.89. The maximum atomic E-state index is 13.0. The summed E-state index contributed by atoms with van der Waals surface area (Å²) in [5.41, 5.74) is 3.92. The van der Waals surface area contributed by atoms with Crippen molar-refractivity contribution in [2.45, 2.75) is 38.5 Å². The van der Waals surface area contributed by atoms with Gasteiger partial charge in [-0.15, -0.1) is 0 Å². The molecule has 0 saturated carbocycles. The third kappa shape index (κ3) is 3.48. The number of aromatic nitrogens is 3. The average molecular weight is 390 g/mol. The quantitative estimate of drug-likeness (QED) is 0.686. The van der Waals surface area contributed by atoms with Crippen LogP contribution in [-0.2, 0) is 0 Å². The van der Waals surface area contributed by atoms with Crippen molar-refractivity contribution in [2.24, 2.45) is 0 Å². The van der Waals surface area contributed by atoms with Crippen LogP contribution in [0.15, 0.2) is 42.6 Å². The minimum atomic E-state index is 0.118. The summed E-state index contributed by atoms with van der Waals surface area (Å²) in [7, 11) is 0. The average Bonchev–Trinajstić information content (AvgIpc) is 3.43. The molecule has 4 heterocycles. The van der Waals surface area contributed by atoms with Crippen LogP contribution >= 0.6 is 0 Å². The van der Waals surface area contributed by atoms with Crippen LogP contribution in [-0.4, -0.2) is 51.6 Å². The molecule has 2 saturated heterocycles. The lowest BCUT2D eigenvalue weighted by Crippen LogP contribution is -2.39. The van der Waals surface area contributed by atoms with E-state index < -0.39 is 0 Å². The fourth-order valence-electron chi connectivity index (χ4n) is 4.58. The summed E-state index contributed by atoms with van der Waals surface area (Å²) in [6.45, 7) is 5.72. The number of amides is 1. The van der Waals surface area contributed by atoms with Gasteiger partial charge in [-0.2, -0.15) is 5.10 Å². The van der Waals surface area contributed by atoms with E-state index in [9.17, 15) is 4.79 Å². The fraction of sp³-hybridized carbons (Fsp3) is 0.435. The van der Waals surface area contributed by atoms with E-state index >= 15 is 0 Å². The van der Waals surface area contributed by atoms with Crippen molar-refractivity contribution in [3.05, 3.63) is 59.5 Å². The largest absolute Gasteiger partial charge is 0.370 e. The van der Waals surface area contributed by atoms with Gasteiger partial charge in [-0.05, 0) is 56.4 Å². The minimum Gasteiger partial charge on any atom is -0.370 e. The monoisotopic (exact) mass is 389 g/mol. The second-order valence-corrected chi connectivity index (χ2v) is 8.26. The number of rotatable bonds is 3. The molecule has 0 N–H and O–H groups in total. The number of benzene rings is 1. The molecule has 0 aliphatic carbocycles. The number of nitrogens with zero attached hydrogens (tertiary/aromatic N) is 5. The van der Waals surface area contributed by atoms with E-state index in [1.54, 1.807) is 0 Å². The van der Waals surface area contributed by atoms with Gasteiger partial charge in [0.05, 0.1) is 11.9 Å². The zero-order valence-electron chi connectivity index (χ0n) is 16.9. The molecule has 1 atom stereocenters. The summed E-state index contributed by atoms with van der Waals surface area (Å²) in [5.74, 6) is 1.16. The molecule has 150 valence electrons. The molecule has 29 heavy (non-hydrogen) atoms. The Morgan fingerprint density at radius 1 is 1.03 bits per heavy atom. The van der Waals surface area contributed by atoms with Crippen LogP contribution in [0.25, 0.3) is 5.65 Å². The number of anilines is 1. The highest BCUT2D eigenvalue weighted by Crippen LogP contribution is 2.27. The van der Waals surface area contributed by atoms with Crippen LogP contribution in [0.1, 0.15) is 53.3 Å². The van der Waals surface area contributed by atoms with Crippen LogP contribution in [0.3, 0.4) is 0 Å². The van der Waals surface area contributed by atoms with Crippen LogP contribution in [0.2, 0.25) is 0 Å². The Kier molecular flexibility index (Phi) is 4.70. The Bertz CT molecular complexity index is 1040. The first kappa shape index (κ1) is 18.2. The van der Waals surface area contributed by atoms with Crippen molar-refractivity contribution in [3.8, 4) is 0 Å². The van der Waals surface area contributed by atoms with Crippen molar-refractivity contribution in [1.29, 1.82) is 0 Å². The second kappa shape index (κ2) is 7.50. The van der Waals surface area contributed by atoms with Crippen LogP contribution in [0.5, 0.6) is 0 Å². The molecule has 0 bridgehead atoms. The first-order valence-corrected chi connectivity index (χ1v) is 10.7. The molecule has 0 radical (unpaired) electrons. The predicted molar refractivity (Wildman–Crippen MR) is 113 cm³/mol. The summed E-state index contributed by atoms with van der Waals surface area (Å²) in [6.07, 6.45) is 6.61. The molecule has 2 aromatic heterocycles. The first-order valence-electron chi connectivity index (χ1n) is 10.7. The molecular weight excluding hydrogens is 362 g/mol. The SMILES string of the molecule is Cc1ccccc1C(=O)N1CCC[C@@H](c2nc3ccc(N4CCCC4)cn3n2)C1. The summed E-state index contributed by atoms with van der Waals surface area (Å²) in [5, 5.41) is 4.79. The highest BCUT2D eigenvalue weighted by molar-refractivity contribution is 5.95. The Morgan fingerprint density at radius 3 is 2.69 bits per heavy atom. The van der Waals surface area contributed by atoms with Gasteiger partial charge in [-0.1, -0.05) is 18.2 Å². The van der Waals surface area contributed by atoms with Gasteiger partial charge in [-0.3, -0.25) is 4.79 Å². The van der Waals surface area contributed by atoms with Gasteiger partial charge >= 0.3 is 0 Å². The van der Waals surface area contributed by atoms with Gasteiger partial charge < -0.3 is 9.80 Å². The Balaban J connectivity index is 1.37. The zero-order chi connectivity index (χ0) is 19.8. The van der Waals surface area contributed by atoms with E-state index in [-0.39, 0.29) is 11.8 Å². The van der Waals surface area contributed by atoms with E-state index in [4.69, 9.17) is 10.1 Å². The molecule has 1 amide bonds. The molecule has 2 fully saturated rings. The maximum Gasteiger partial charge on any atom is 0.254 e. The molecular formula is C23H27N5O. The van der Waals surface area contributed by atoms with Crippen molar-refractivity contribution in [3.63, 3.8) is 0 Å².